The van der Waals surface area contributed by atoms with Gasteiger partial charge in [0.25, 0.3) is 0 Å². The number of carbonyl (C=O) groups is 2. The van der Waals surface area contributed by atoms with Crippen molar-refractivity contribution in [3.05, 3.63) is 64.9 Å². The number of hydrogen-bond donors (Lipinski definition) is 0. The van der Waals surface area contributed by atoms with Crippen molar-refractivity contribution in [3.8, 4) is 0 Å². The quantitative estimate of drug-likeness (QED) is 0.543. The van der Waals surface area contributed by atoms with E-state index < -0.39 is 16.1 Å². The molecule has 2 saturated heterocycles. The van der Waals surface area contributed by atoms with Gasteiger partial charge in [-0.25, -0.2) is 8.42 Å². The first kappa shape index (κ1) is 23.0. The van der Waals surface area contributed by atoms with Gasteiger partial charge in [-0.2, -0.15) is 4.31 Å². The summed E-state index contributed by atoms with van der Waals surface area (Å²) in [5, 5.41) is 3.82. The zero-order valence-corrected chi connectivity index (χ0v) is 20.4. The molecule has 0 bridgehead atoms. The van der Waals surface area contributed by atoms with Crippen molar-refractivity contribution >= 4 is 43.9 Å². The molecule has 1 unspecified atom stereocenters. The molecule has 0 saturated carbocycles. The van der Waals surface area contributed by atoms with Crippen LogP contribution in [0.1, 0.15) is 17.7 Å². The Morgan fingerprint density at radius 1 is 0.912 bits per heavy atom. The second kappa shape index (κ2) is 9.48. The van der Waals surface area contributed by atoms with E-state index in [1.54, 1.807) is 33.3 Å². The third kappa shape index (κ3) is 4.47. The van der Waals surface area contributed by atoms with Gasteiger partial charge in [0, 0.05) is 37.6 Å². The van der Waals surface area contributed by atoms with Crippen LogP contribution >= 0.6 is 11.3 Å². The zero-order chi connectivity index (χ0) is 23.7. The van der Waals surface area contributed by atoms with Crippen LogP contribution in [0.25, 0.3) is 10.8 Å². The smallest absolute Gasteiger partial charge is 0.245 e. The first-order valence-electron chi connectivity index (χ1n) is 11.5. The molecule has 34 heavy (non-hydrogen) atoms. The molecule has 3 heterocycles. The van der Waals surface area contributed by atoms with Crippen LogP contribution in [0.15, 0.2) is 64.9 Å². The number of amides is 2. The Morgan fingerprint density at radius 3 is 2.41 bits per heavy atom. The van der Waals surface area contributed by atoms with Gasteiger partial charge in [0.05, 0.1) is 11.3 Å². The van der Waals surface area contributed by atoms with Crippen LogP contribution in [0.2, 0.25) is 0 Å². The Kier molecular flexibility index (Phi) is 6.42. The van der Waals surface area contributed by atoms with Gasteiger partial charge in [-0.1, -0.05) is 36.4 Å². The highest BCUT2D eigenvalue weighted by atomic mass is 32.2. The molecule has 2 amide bonds. The topological polar surface area (TPSA) is 78.0 Å². The third-order valence-corrected chi connectivity index (χ3v) is 9.44. The van der Waals surface area contributed by atoms with Crippen molar-refractivity contribution in [1.29, 1.82) is 0 Å². The lowest BCUT2D eigenvalue weighted by Crippen LogP contribution is -2.55. The minimum absolute atomic E-state index is 0.0178. The lowest BCUT2D eigenvalue weighted by atomic mass is 10.1. The Bertz CT molecular complexity index is 1300. The Hall–Kier alpha value is -2.75. The summed E-state index contributed by atoms with van der Waals surface area (Å²) < 4.78 is 27.9. The lowest BCUT2D eigenvalue weighted by Gasteiger charge is -2.36. The van der Waals surface area contributed by atoms with E-state index in [1.807, 2.05) is 47.8 Å². The molecule has 0 N–H and O–H groups in total. The molecule has 0 aliphatic carbocycles. The second-order valence-corrected chi connectivity index (χ2v) is 11.7. The minimum atomic E-state index is -3.64. The summed E-state index contributed by atoms with van der Waals surface area (Å²) in [4.78, 5) is 30.8. The van der Waals surface area contributed by atoms with E-state index in [-0.39, 0.29) is 29.8 Å². The van der Waals surface area contributed by atoms with Crippen molar-refractivity contribution < 1.29 is 18.0 Å². The van der Waals surface area contributed by atoms with Crippen LogP contribution in [0.4, 0.5) is 0 Å². The summed E-state index contributed by atoms with van der Waals surface area (Å²) in [5.41, 5.74) is 0. The number of piperazine rings is 1. The Morgan fingerprint density at radius 2 is 1.68 bits per heavy atom. The van der Waals surface area contributed by atoms with Gasteiger partial charge < -0.3 is 9.80 Å². The largest absolute Gasteiger partial charge is 0.338 e. The zero-order valence-electron chi connectivity index (χ0n) is 18.8. The normalized spacial score (nSPS) is 19.6. The van der Waals surface area contributed by atoms with Gasteiger partial charge in [0.2, 0.25) is 21.8 Å². The standard InChI is InChI=1S/C25H27N3O4S2/c29-24(18-21-7-4-16-33-21)28-11-3-8-23(28)25(30)26-12-14-27(15-13-26)34(31,32)22-10-9-19-5-1-2-6-20(19)17-22/h1-2,4-7,9-10,16-17,23H,3,8,11-15,18H2. The van der Waals surface area contributed by atoms with Crippen LogP contribution in [0.5, 0.6) is 0 Å². The molecular formula is C25H27N3O4S2. The van der Waals surface area contributed by atoms with Crippen LogP contribution in [0, 0.1) is 0 Å². The predicted octanol–water partition coefficient (Wildman–Crippen LogP) is 2.97. The van der Waals surface area contributed by atoms with Crippen molar-refractivity contribution in [1.82, 2.24) is 14.1 Å². The highest BCUT2D eigenvalue weighted by Crippen LogP contribution is 2.25. The molecular weight excluding hydrogens is 470 g/mol. The van der Waals surface area contributed by atoms with Gasteiger partial charge >= 0.3 is 0 Å². The maximum absolute atomic E-state index is 13.3. The van der Waals surface area contributed by atoms with Crippen molar-refractivity contribution in [2.24, 2.45) is 0 Å². The molecule has 1 atom stereocenters. The van der Waals surface area contributed by atoms with E-state index >= 15 is 0 Å². The first-order chi connectivity index (χ1) is 16.4. The van der Waals surface area contributed by atoms with Gasteiger partial charge in [0.15, 0.2) is 0 Å². The molecule has 2 aliphatic rings. The summed E-state index contributed by atoms with van der Waals surface area (Å²) in [6, 6.07) is 16.2. The van der Waals surface area contributed by atoms with Crippen LogP contribution in [-0.2, 0) is 26.0 Å². The summed E-state index contributed by atoms with van der Waals surface area (Å²) >= 11 is 1.54. The fraction of sp³-hybridized carbons (Fsp3) is 0.360. The Labute approximate surface area is 203 Å². The SMILES string of the molecule is O=C(C1CCCN1C(=O)Cc1cccs1)N1CCN(S(=O)(=O)c2ccc3ccccc3c2)CC1. The van der Waals surface area contributed by atoms with E-state index in [2.05, 4.69) is 0 Å². The maximum Gasteiger partial charge on any atom is 0.245 e. The molecule has 9 heteroatoms. The summed E-state index contributed by atoms with van der Waals surface area (Å²) in [5.74, 6) is -0.0874. The molecule has 2 aromatic carbocycles. The fourth-order valence-corrected chi connectivity index (χ4v) is 6.98. The van der Waals surface area contributed by atoms with E-state index in [0.717, 1.165) is 22.1 Å². The molecule has 0 spiro atoms. The average molecular weight is 498 g/mol. The van der Waals surface area contributed by atoms with E-state index in [0.29, 0.717) is 32.5 Å². The number of likely N-dealkylation sites (tertiary alicyclic amines) is 1. The monoisotopic (exact) mass is 497 g/mol. The number of fused-ring (bicyclic) bond motifs is 1. The lowest BCUT2D eigenvalue weighted by molar-refractivity contribution is -0.144. The molecule has 178 valence electrons. The Balaban J connectivity index is 1.23. The number of benzene rings is 2. The molecule has 7 nitrogen and oxygen atoms in total. The van der Waals surface area contributed by atoms with Crippen molar-refractivity contribution in [2.45, 2.75) is 30.2 Å². The third-order valence-electron chi connectivity index (χ3n) is 6.67. The number of carbonyl (C=O) groups excluding carboxylic acids is 2. The van der Waals surface area contributed by atoms with E-state index in [4.69, 9.17) is 0 Å². The maximum atomic E-state index is 13.3. The fourth-order valence-electron chi connectivity index (χ4n) is 4.82. The van der Waals surface area contributed by atoms with Crippen LogP contribution in [0.3, 0.4) is 0 Å². The average Bonchev–Trinajstić information content (AvgIpc) is 3.56. The van der Waals surface area contributed by atoms with Crippen molar-refractivity contribution in [3.63, 3.8) is 0 Å². The van der Waals surface area contributed by atoms with Gasteiger partial charge in [-0.3, -0.25) is 9.59 Å². The van der Waals surface area contributed by atoms with Gasteiger partial charge in [-0.15, -0.1) is 11.3 Å². The van der Waals surface area contributed by atoms with Gasteiger partial charge in [0.1, 0.15) is 6.04 Å². The molecule has 0 radical (unpaired) electrons. The van der Waals surface area contributed by atoms with Crippen molar-refractivity contribution in [2.75, 3.05) is 32.7 Å². The number of sulfonamides is 1. The van der Waals surface area contributed by atoms with Crippen LogP contribution in [-0.4, -0.2) is 73.1 Å². The molecule has 1 aromatic heterocycles. The number of nitrogens with zero attached hydrogens (tertiary/aromatic N) is 3. The minimum Gasteiger partial charge on any atom is -0.338 e. The summed E-state index contributed by atoms with van der Waals surface area (Å²) in [7, 11) is -3.64. The molecule has 5 rings (SSSR count). The number of rotatable bonds is 5. The van der Waals surface area contributed by atoms with Gasteiger partial charge in [-0.05, 0) is 47.2 Å². The molecule has 2 fully saturated rings. The molecule has 3 aromatic rings. The predicted molar refractivity (Wildman–Crippen MR) is 132 cm³/mol. The summed E-state index contributed by atoms with van der Waals surface area (Å²) in [6.07, 6.45) is 1.78. The van der Waals surface area contributed by atoms with Crippen LogP contribution < -0.4 is 0 Å². The number of hydrogen-bond acceptors (Lipinski definition) is 5. The van der Waals surface area contributed by atoms with E-state index in [1.165, 1.54) is 4.31 Å². The highest BCUT2D eigenvalue weighted by molar-refractivity contribution is 7.89. The highest BCUT2D eigenvalue weighted by Gasteiger charge is 2.38. The summed E-state index contributed by atoms with van der Waals surface area (Å²) in [6.45, 7) is 1.74. The molecule has 2 aliphatic heterocycles. The first-order valence-corrected chi connectivity index (χ1v) is 13.8. The second-order valence-electron chi connectivity index (χ2n) is 8.74. The van der Waals surface area contributed by atoms with E-state index in [9.17, 15) is 18.0 Å². The number of thiophene rings is 1.